The van der Waals surface area contributed by atoms with Crippen LogP contribution in [0, 0.1) is 5.82 Å². The number of rotatable bonds is 9. The summed E-state index contributed by atoms with van der Waals surface area (Å²) in [5, 5.41) is 11.7. The minimum Gasteiger partial charge on any atom is -0.395 e. The zero-order chi connectivity index (χ0) is 15.7. The Balaban J connectivity index is 2.44. The SMILES string of the molecule is COCCN(CCO)CCC(=O)Nc1ccc(Cl)cc1F. The lowest BCUT2D eigenvalue weighted by Gasteiger charge is -2.20. The Morgan fingerprint density at radius 1 is 1.43 bits per heavy atom. The van der Waals surface area contributed by atoms with Crippen LogP contribution in [-0.4, -0.2) is 55.9 Å². The van der Waals surface area contributed by atoms with Crippen LogP contribution in [0.4, 0.5) is 10.1 Å². The highest BCUT2D eigenvalue weighted by atomic mass is 35.5. The number of methoxy groups -OCH3 is 1. The van der Waals surface area contributed by atoms with E-state index in [1.165, 1.54) is 12.1 Å². The topological polar surface area (TPSA) is 61.8 Å². The fourth-order valence-electron chi connectivity index (χ4n) is 1.76. The Morgan fingerprint density at radius 2 is 2.19 bits per heavy atom. The van der Waals surface area contributed by atoms with Gasteiger partial charge in [-0.3, -0.25) is 9.69 Å². The average Bonchev–Trinajstić information content (AvgIpc) is 2.45. The van der Waals surface area contributed by atoms with Gasteiger partial charge in [0.1, 0.15) is 5.82 Å². The van der Waals surface area contributed by atoms with Crippen LogP contribution in [0.5, 0.6) is 0 Å². The summed E-state index contributed by atoms with van der Waals surface area (Å²) in [5.41, 5.74) is 0.106. The molecule has 1 aromatic rings. The summed E-state index contributed by atoms with van der Waals surface area (Å²) in [6, 6.07) is 4.08. The van der Waals surface area contributed by atoms with Gasteiger partial charge in [0.25, 0.3) is 0 Å². The zero-order valence-electron chi connectivity index (χ0n) is 11.9. The van der Waals surface area contributed by atoms with E-state index in [0.29, 0.717) is 26.2 Å². The zero-order valence-corrected chi connectivity index (χ0v) is 12.7. The Bertz CT molecular complexity index is 460. The van der Waals surface area contributed by atoms with Gasteiger partial charge in [0, 0.05) is 38.2 Å². The smallest absolute Gasteiger partial charge is 0.225 e. The van der Waals surface area contributed by atoms with Gasteiger partial charge in [0.15, 0.2) is 0 Å². The number of hydrogen-bond acceptors (Lipinski definition) is 4. The molecule has 0 aromatic heterocycles. The van der Waals surface area contributed by atoms with Crippen molar-refractivity contribution in [1.82, 2.24) is 4.90 Å². The number of nitrogens with one attached hydrogen (secondary N) is 1. The lowest BCUT2D eigenvalue weighted by atomic mass is 10.3. The van der Waals surface area contributed by atoms with Crippen LogP contribution in [-0.2, 0) is 9.53 Å². The van der Waals surface area contributed by atoms with Crippen molar-refractivity contribution in [2.75, 3.05) is 45.3 Å². The summed E-state index contributed by atoms with van der Waals surface area (Å²) in [5.74, 6) is -0.862. The minimum absolute atomic E-state index is 0.0111. The van der Waals surface area contributed by atoms with Gasteiger partial charge in [-0.2, -0.15) is 0 Å². The van der Waals surface area contributed by atoms with E-state index in [9.17, 15) is 9.18 Å². The van der Waals surface area contributed by atoms with E-state index in [1.54, 1.807) is 7.11 Å². The van der Waals surface area contributed by atoms with Crippen molar-refractivity contribution >= 4 is 23.2 Å². The first-order valence-electron chi connectivity index (χ1n) is 6.64. The van der Waals surface area contributed by atoms with Gasteiger partial charge in [-0.15, -0.1) is 0 Å². The predicted octanol–water partition coefficient (Wildman–Crippen LogP) is 1.75. The van der Waals surface area contributed by atoms with E-state index < -0.39 is 5.82 Å². The van der Waals surface area contributed by atoms with Crippen molar-refractivity contribution in [2.24, 2.45) is 0 Å². The lowest BCUT2D eigenvalue weighted by molar-refractivity contribution is -0.116. The standard InChI is InChI=1S/C14H20ClFN2O3/c1-21-9-7-18(6-8-19)5-4-14(20)17-13-3-2-11(15)10-12(13)16/h2-3,10,19H,4-9H2,1H3,(H,17,20). The molecule has 0 saturated heterocycles. The second-order valence-electron chi connectivity index (χ2n) is 4.48. The molecule has 0 radical (unpaired) electrons. The van der Waals surface area contributed by atoms with Gasteiger partial charge >= 0.3 is 0 Å². The number of amides is 1. The molecular formula is C14H20ClFN2O3. The Morgan fingerprint density at radius 3 is 2.81 bits per heavy atom. The van der Waals surface area contributed by atoms with E-state index >= 15 is 0 Å². The van der Waals surface area contributed by atoms with E-state index in [-0.39, 0.29) is 29.6 Å². The molecular weight excluding hydrogens is 299 g/mol. The second-order valence-corrected chi connectivity index (χ2v) is 4.92. The number of nitrogens with zero attached hydrogens (tertiary/aromatic N) is 1. The van der Waals surface area contributed by atoms with E-state index in [2.05, 4.69) is 5.32 Å². The van der Waals surface area contributed by atoms with Crippen molar-refractivity contribution in [3.8, 4) is 0 Å². The molecule has 1 rings (SSSR count). The molecule has 1 amide bonds. The molecule has 0 saturated carbocycles. The van der Waals surface area contributed by atoms with Crippen LogP contribution in [0.15, 0.2) is 18.2 Å². The highest BCUT2D eigenvalue weighted by Gasteiger charge is 2.10. The van der Waals surface area contributed by atoms with Crippen molar-refractivity contribution in [1.29, 1.82) is 0 Å². The molecule has 0 unspecified atom stereocenters. The molecule has 0 atom stereocenters. The fraction of sp³-hybridized carbons (Fsp3) is 0.500. The average molecular weight is 319 g/mol. The van der Waals surface area contributed by atoms with Gasteiger partial charge in [-0.25, -0.2) is 4.39 Å². The maximum atomic E-state index is 13.5. The highest BCUT2D eigenvalue weighted by molar-refractivity contribution is 6.30. The van der Waals surface area contributed by atoms with Gasteiger partial charge < -0.3 is 15.2 Å². The van der Waals surface area contributed by atoms with Crippen LogP contribution in [0.2, 0.25) is 5.02 Å². The van der Waals surface area contributed by atoms with Gasteiger partial charge in [-0.05, 0) is 18.2 Å². The quantitative estimate of drug-likeness (QED) is 0.728. The normalized spacial score (nSPS) is 10.9. The van der Waals surface area contributed by atoms with Gasteiger partial charge in [0.2, 0.25) is 5.91 Å². The van der Waals surface area contributed by atoms with E-state index in [4.69, 9.17) is 21.4 Å². The molecule has 21 heavy (non-hydrogen) atoms. The van der Waals surface area contributed by atoms with Crippen LogP contribution >= 0.6 is 11.6 Å². The third-order valence-corrected chi connectivity index (χ3v) is 3.12. The first kappa shape index (κ1) is 17.8. The molecule has 2 N–H and O–H groups in total. The van der Waals surface area contributed by atoms with Gasteiger partial charge in [0.05, 0.1) is 18.9 Å². The first-order valence-corrected chi connectivity index (χ1v) is 7.01. The molecule has 0 aliphatic rings. The second kappa shape index (κ2) is 9.68. The number of halogens is 2. The number of aliphatic hydroxyl groups excluding tert-OH is 1. The largest absolute Gasteiger partial charge is 0.395 e. The molecule has 5 nitrogen and oxygen atoms in total. The summed E-state index contributed by atoms with van der Waals surface area (Å²) in [4.78, 5) is 13.7. The van der Waals surface area contributed by atoms with Crippen molar-refractivity contribution in [2.45, 2.75) is 6.42 Å². The third-order valence-electron chi connectivity index (χ3n) is 2.89. The summed E-state index contributed by atoms with van der Waals surface area (Å²) < 4.78 is 18.5. The molecule has 0 aliphatic carbocycles. The number of benzene rings is 1. The molecule has 0 bridgehead atoms. The molecule has 0 spiro atoms. The van der Waals surface area contributed by atoms with Crippen molar-refractivity contribution < 1.29 is 19.0 Å². The Hall–Kier alpha value is -1.21. The van der Waals surface area contributed by atoms with Crippen molar-refractivity contribution in [3.63, 3.8) is 0 Å². The van der Waals surface area contributed by atoms with Gasteiger partial charge in [-0.1, -0.05) is 11.6 Å². The Labute approximate surface area is 128 Å². The number of aliphatic hydroxyl groups is 1. The minimum atomic E-state index is -0.567. The number of ether oxygens (including phenoxy) is 1. The summed E-state index contributed by atoms with van der Waals surface area (Å²) in [6.07, 6.45) is 0.200. The predicted molar refractivity (Wildman–Crippen MR) is 80.1 cm³/mol. The summed E-state index contributed by atoms with van der Waals surface area (Å²) in [7, 11) is 1.59. The molecule has 118 valence electrons. The van der Waals surface area contributed by atoms with Crippen LogP contribution in [0.1, 0.15) is 6.42 Å². The van der Waals surface area contributed by atoms with E-state index in [0.717, 1.165) is 6.07 Å². The highest BCUT2D eigenvalue weighted by Crippen LogP contribution is 2.18. The van der Waals surface area contributed by atoms with Crippen LogP contribution in [0.3, 0.4) is 0 Å². The van der Waals surface area contributed by atoms with Crippen LogP contribution < -0.4 is 5.32 Å². The molecule has 0 aliphatic heterocycles. The molecule has 0 heterocycles. The number of anilines is 1. The number of carbonyl (C=O) groups is 1. The number of carbonyl (C=O) groups excluding carboxylic acids is 1. The molecule has 0 fully saturated rings. The third kappa shape index (κ3) is 6.86. The maximum absolute atomic E-state index is 13.5. The molecule has 1 aromatic carbocycles. The van der Waals surface area contributed by atoms with Crippen LogP contribution in [0.25, 0.3) is 0 Å². The summed E-state index contributed by atoms with van der Waals surface area (Å²) >= 11 is 5.64. The van der Waals surface area contributed by atoms with Crippen molar-refractivity contribution in [3.05, 3.63) is 29.0 Å². The monoisotopic (exact) mass is 318 g/mol. The van der Waals surface area contributed by atoms with E-state index in [1.807, 2.05) is 4.90 Å². The maximum Gasteiger partial charge on any atom is 0.225 e. The first-order chi connectivity index (χ1) is 10.1. The Kier molecular flexibility index (Phi) is 8.22. The summed E-state index contributed by atoms with van der Waals surface area (Å²) in [6.45, 7) is 2.08. The fourth-order valence-corrected chi connectivity index (χ4v) is 1.92. The lowest BCUT2D eigenvalue weighted by Crippen LogP contribution is -2.33. The number of hydrogen-bond donors (Lipinski definition) is 2. The molecule has 7 heteroatoms.